The molecule has 0 spiro atoms. The summed E-state index contributed by atoms with van der Waals surface area (Å²) in [6.07, 6.45) is 10.5. The van der Waals surface area contributed by atoms with Gasteiger partial charge >= 0.3 is 0 Å². The fraction of sp³-hybridized carbons (Fsp3) is 0.840. The first-order chi connectivity index (χ1) is 11.7. The van der Waals surface area contributed by atoms with Gasteiger partial charge in [-0.05, 0) is 86.2 Å². The van der Waals surface area contributed by atoms with Gasteiger partial charge in [-0.3, -0.25) is 0 Å². The summed E-state index contributed by atoms with van der Waals surface area (Å²) in [5.41, 5.74) is 4.91. The van der Waals surface area contributed by atoms with Gasteiger partial charge in [0.1, 0.15) is 0 Å². The van der Waals surface area contributed by atoms with Gasteiger partial charge in [-0.1, -0.05) is 73.0 Å². The lowest BCUT2D eigenvalue weighted by molar-refractivity contribution is 0.295. The second kappa shape index (κ2) is 10.6. The lowest BCUT2D eigenvalue weighted by Gasteiger charge is -2.28. The van der Waals surface area contributed by atoms with Crippen molar-refractivity contribution in [2.45, 2.75) is 101 Å². The van der Waals surface area contributed by atoms with Crippen molar-refractivity contribution in [3.8, 4) is 0 Å². The van der Waals surface area contributed by atoms with E-state index in [1.807, 2.05) is 0 Å². The van der Waals surface area contributed by atoms with E-state index in [9.17, 15) is 0 Å². The molecule has 0 aromatic carbocycles. The van der Waals surface area contributed by atoms with Gasteiger partial charge in [0.25, 0.3) is 0 Å². The van der Waals surface area contributed by atoms with Gasteiger partial charge in [0.15, 0.2) is 0 Å². The minimum Gasteiger partial charge on any atom is -0.0813 e. The van der Waals surface area contributed by atoms with E-state index in [1.54, 1.807) is 16.7 Å². The smallest absolute Gasteiger partial charge is 0.0243 e. The van der Waals surface area contributed by atoms with Gasteiger partial charge in [0, 0.05) is 0 Å². The monoisotopic (exact) mass is 346 g/mol. The highest BCUT2D eigenvalue weighted by atomic mass is 14.4. The van der Waals surface area contributed by atoms with E-state index < -0.39 is 0 Å². The second-order valence-corrected chi connectivity index (χ2v) is 9.53. The van der Waals surface area contributed by atoms with Crippen LogP contribution in [0.1, 0.15) is 101 Å². The molecule has 1 rings (SSSR count). The van der Waals surface area contributed by atoms with E-state index in [1.165, 1.54) is 32.1 Å². The molecule has 1 saturated carbocycles. The van der Waals surface area contributed by atoms with Crippen LogP contribution in [0.3, 0.4) is 0 Å². The zero-order valence-electron chi connectivity index (χ0n) is 18.8. The summed E-state index contributed by atoms with van der Waals surface area (Å²) in [6.45, 7) is 21.5. The third-order valence-corrected chi connectivity index (χ3v) is 7.07. The van der Waals surface area contributed by atoms with Gasteiger partial charge in [0.2, 0.25) is 0 Å². The van der Waals surface area contributed by atoms with Crippen LogP contribution in [0.2, 0.25) is 0 Å². The largest absolute Gasteiger partial charge is 0.0813 e. The highest BCUT2D eigenvalue weighted by molar-refractivity contribution is 5.35. The molecule has 25 heavy (non-hydrogen) atoms. The maximum absolute atomic E-state index is 2.53. The third-order valence-electron chi connectivity index (χ3n) is 7.07. The Bertz CT molecular complexity index is 447. The molecule has 146 valence electrons. The Hall–Kier alpha value is -0.520. The van der Waals surface area contributed by atoms with Crippen LogP contribution in [-0.4, -0.2) is 0 Å². The standard InChI is InChI=1S/C25H46/c1-10-12-22(14-19(7)17(3)4)24(18(5)6)16-25-21(9)20(8)15-23(25)13-11-2/h12,17,19-21,23,25H,10-11,13-16H2,1-9H3. The van der Waals surface area contributed by atoms with Crippen molar-refractivity contribution in [3.63, 3.8) is 0 Å². The molecule has 1 aliphatic rings. The van der Waals surface area contributed by atoms with Crippen LogP contribution in [0.5, 0.6) is 0 Å². The van der Waals surface area contributed by atoms with Crippen molar-refractivity contribution < 1.29 is 0 Å². The summed E-state index contributed by atoms with van der Waals surface area (Å²) < 4.78 is 0. The minimum absolute atomic E-state index is 0.761. The number of allylic oxidation sites excluding steroid dienone is 4. The SMILES string of the molecule is CCC=C(CC(C)C(C)C)C(CC1C(CCC)CC(C)C1C)=C(C)C. The van der Waals surface area contributed by atoms with Gasteiger partial charge in [-0.15, -0.1) is 0 Å². The highest BCUT2D eigenvalue weighted by Gasteiger charge is 2.38. The van der Waals surface area contributed by atoms with Crippen LogP contribution in [0.25, 0.3) is 0 Å². The molecule has 5 atom stereocenters. The number of hydrogen-bond donors (Lipinski definition) is 0. The van der Waals surface area contributed by atoms with Crippen LogP contribution in [0, 0.1) is 35.5 Å². The van der Waals surface area contributed by atoms with E-state index in [4.69, 9.17) is 0 Å². The van der Waals surface area contributed by atoms with E-state index in [0.717, 1.165) is 41.9 Å². The summed E-state index contributed by atoms with van der Waals surface area (Å²) >= 11 is 0. The Labute approximate surface area is 159 Å². The molecule has 5 unspecified atom stereocenters. The lowest BCUT2D eigenvalue weighted by atomic mass is 9.77. The summed E-state index contributed by atoms with van der Waals surface area (Å²) in [6, 6.07) is 0. The molecular formula is C25H46. The third kappa shape index (κ3) is 6.30. The molecule has 0 amide bonds. The maximum atomic E-state index is 2.53. The number of rotatable bonds is 9. The highest BCUT2D eigenvalue weighted by Crippen LogP contribution is 2.47. The zero-order chi connectivity index (χ0) is 19.1. The fourth-order valence-corrected chi connectivity index (χ4v) is 4.82. The first-order valence-corrected chi connectivity index (χ1v) is 11.1. The molecule has 0 aromatic heterocycles. The average molecular weight is 347 g/mol. The Morgan fingerprint density at radius 3 is 2.20 bits per heavy atom. The van der Waals surface area contributed by atoms with Crippen molar-refractivity contribution in [1.82, 2.24) is 0 Å². The average Bonchev–Trinajstić information content (AvgIpc) is 2.79. The summed E-state index contributed by atoms with van der Waals surface area (Å²) in [7, 11) is 0. The zero-order valence-corrected chi connectivity index (χ0v) is 18.8. The molecule has 0 heteroatoms. The van der Waals surface area contributed by atoms with Gasteiger partial charge in [-0.25, -0.2) is 0 Å². The van der Waals surface area contributed by atoms with Gasteiger partial charge in [0.05, 0.1) is 0 Å². The van der Waals surface area contributed by atoms with Gasteiger partial charge < -0.3 is 0 Å². The topological polar surface area (TPSA) is 0 Å². The Morgan fingerprint density at radius 1 is 1.08 bits per heavy atom. The molecule has 1 aliphatic carbocycles. The fourth-order valence-electron chi connectivity index (χ4n) is 4.82. The van der Waals surface area contributed by atoms with Crippen LogP contribution in [0.4, 0.5) is 0 Å². The summed E-state index contributed by atoms with van der Waals surface area (Å²) in [5.74, 6) is 5.11. The minimum atomic E-state index is 0.761. The molecular weight excluding hydrogens is 300 g/mol. The first-order valence-electron chi connectivity index (χ1n) is 11.1. The van der Waals surface area contributed by atoms with E-state index in [0.29, 0.717) is 0 Å². The van der Waals surface area contributed by atoms with Crippen molar-refractivity contribution in [2.75, 3.05) is 0 Å². The van der Waals surface area contributed by atoms with E-state index >= 15 is 0 Å². The molecule has 0 bridgehead atoms. The van der Waals surface area contributed by atoms with E-state index in [2.05, 4.69) is 68.4 Å². The van der Waals surface area contributed by atoms with Crippen molar-refractivity contribution in [2.24, 2.45) is 35.5 Å². The Balaban J connectivity index is 3.05. The van der Waals surface area contributed by atoms with Crippen LogP contribution >= 0.6 is 0 Å². The summed E-state index contributed by atoms with van der Waals surface area (Å²) in [4.78, 5) is 0. The van der Waals surface area contributed by atoms with Crippen molar-refractivity contribution in [3.05, 3.63) is 22.8 Å². The Morgan fingerprint density at radius 2 is 1.72 bits per heavy atom. The molecule has 0 saturated heterocycles. The molecule has 0 radical (unpaired) electrons. The van der Waals surface area contributed by atoms with Crippen LogP contribution < -0.4 is 0 Å². The van der Waals surface area contributed by atoms with Crippen LogP contribution in [0.15, 0.2) is 22.8 Å². The lowest BCUT2D eigenvalue weighted by Crippen LogP contribution is -2.17. The molecule has 0 heterocycles. The maximum Gasteiger partial charge on any atom is -0.0243 e. The second-order valence-electron chi connectivity index (χ2n) is 9.53. The first kappa shape index (κ1) is 22.5. The summed E-state index contributed by atoms with van der Waals surface area (Å²) in [5, 5.41) is 0. The van der Waals surface area contributed by atoms with E-state index in [-0.39, 0.29) is 0 Å². The Kier molecular flexibility index (Phi) is 9.54. The van der Waals surface area contributed by atoms with Crippen molar-refractivity contribution in [1.29, 1.82) is 0 Å². The normalized spacial score (nSPS) is 28.5. The van der Waals surface area contributed by atoms with Crippen LogP contribution in [-0.2, 0) is 0 Å². The molecule has 0 aliphatic heterocycles. The molecule has 0 N–H and O–H groups in total. The quantitative estimate of drug-likeness (QED) is 0.367. The molecule has 0 aromatic rings. The predicted octanol–water partition coefficient (Wildman–Crippen LogP) is 8.44. The predicted molar refractivity (Wildman–Crippen MR) is 115 cm³/mol. The van der Waals surface area contributed by atoms with Crippen molar-refractivity contribution >= 4 is 0 Å². The molecule has 1 fully saturated rings. The number of hydrogen-bond acceptors (Lipinski definition) is 0. The van der Waals surface area contributed by atoms with Gasteiger partial charge in [-0.2, -0.15) is 0 Å². The molecule has 0 nitrogen and oxygen atoms in total.